The number of carbonyl (C=O) groups is 1. The largest absolute Gasteiger partial charge is 0.465 e. The smallest absolute Gasteiger partial charge is 0.337 e. The summed E-state index contributed by atoms with van der Waals surface area (Å²) in [5.41, 5.74) is 1.36. The van der Waals surface area contributed by atoms with Gasteiger partial charge >= 0.3 is 5.97 Å². The van der Waals surface area contributed by atoms with Gasteiger partial charge in [0.25, 0.3) is 0 Å². The number of ether oxygens (including phenoxy) is 1. The van der Waals surface area contributed by atoms with Crippen LogP contribution in [0.3, 0.4) is 0 Å². The van der Waals surface area contributed by atoms with E-state index in [1.807, 2.05) is 12.3 Å². The van der Waals surface area contributed by atoms with E-state index in [1.54, 1.807) is 11.3 Å². The fourth-order valence-electron chi connectivity index (χ4n) is 2.87. The van der Waals surface area contributed by atoms with Crippen LogP contribution in [0.4, 0.5) is 0 Å². The summed E-state index contributed by atoms with van der Waals surface area (Å²) in [6, 6.07) is 5.84. The first-order chi connectivity index (χ1) is 12.4. The van der Waals surface area contributed by atoms with Gasteiger partial charge in [-0.25, -0.2) is 18.2 Å². The molecular weight excluding hydrogens is 374 g/mol. The highest BCUT2D eigenvalue weighted by molar-refractivity contribution is 7.89. The summed E-state index contributed by atoms with van der Waals surface area (Å²) in [5, 5.41) is 3.08. The molecule has 1 aromatic carbocycles. The monoisotopic (exact) mass is 395 g/mol. The molecule has 3 rings (SSSR count). The van der Waals surface area contributed by atoms with E-state index in [-0.39, 0.29) is 4.90 Å². The summed E-state index contributed by atoms with van der Waals surface area (Å²) < 4.78 is 31.7. The molecule has 0 N–H and O–H groups in total. The van der Waals surface area contributed by atoms with E-state index in [0.717, 1.165) is 17.2 Å². The molecule has 0 atom stereocenters. The topological polar surface area (TPSA) is 79.8 Å². The van der Waals surface area contributed by atoms with Gasteiger partial charge in [0.1, 0.15) is 0 Å². The fraction of sp³-hybridized carbons (Fsp3) is 0.412. The molecule has 1 aromatic heterocycles. The Morgan fingerprint density at radius 3 is 2.38 bits per heavy atom. The summed E-state index contributed by atoms with van der Waals surface area (Å²) in [6.07, 6.45) is 0. The van der Waals surface area contributed by atoms with Crippen molar-refractivity contribution in [3.05, 3.63) is 45.9 Å². The highest BCUT2D eigenvalue weighted by Crippen LogP contribution is 2.19. The van der Waals surface area contributed by atoms with Crippen LogP contribution < -0.4 is 0 Å². The van der Waals surface area contributed by atoms with Crippen LogP contribution >= 0.6 is 11.3 Å². The Hall–Kier alpha value is -1.81. The van der Waals surface area contributed by atoms with Crippen LogP contribution in [0.25, 0.3) is 0 Å². The van der Waals surface area contributed by atoms with E-state index >= 15 is 0 Å². The second-order valence-electron chi connectivity index (χ2n) is 6.05. The number of piperazine rings is 1. The van der Waals surface area contributed by atoms with Gasteiger partial charge in [0.05, 0.1) is 28.3 Å². The number of aryl methyl sites for hydroxylation is 1. The number of hydrogen-bond acceptors (Lipinski definition) is 7. The van der Waals surface area contributed by atoms with Crippen LogP contribution in [0.1, 0.15) is 21.1 Å². The number of thiazole rings is 1. The van der Waals surface area contributed by atoms with Gasteiger partial charge in [-0.05, 0) is 31.2 Å². The van der Waals surface area contributed by atoms with E-state index in [4.69, 9.17) is 0 Å². The maximum atomic E-state index is 12.8. The zero-order valence-electron chi connectivity index (χ0n) is 14.7. The van der Waals surface area contributed by atoms with E-state index in [9.17, 15) is 13.2 Å². The molecule has 1 saturated heterocycles. The van der Waals surface area contributed by atoms with Gasteiger partial charge < -0.3 is 4.74 Å². The molecule has 7 nitrogen and oxygen atoms in total. The van der Waals surface area contributed by atoms with Gasteiger partial charge in [-0.1, -0.05) is 0 Å². The second kappa shape index (κ2) is 7.83. The molecule has 2 heterocycles. The van der Waals surface area contributed by atoms with Gasteiger partial charge in [-0.15, -0.1) is 11.3 Å². The van der Waals surface area contributed by atoms with E-state index < -0.39 is 16.0 Å². The van der Waals surface area contributed by atoms with Crippen molar-refractivity contribution in [3.8, 4) is 0 Å². The number of nitrogens with zero attached hydrogens (tertiary/aromatic N) is 3. The Morgan fingerprint density at radius 1 is 1.19 bits per heavy atom. The fourth-order valence-corrected chi connectivity index (χ4v) is 4.89. The van der Waals surface area contributed by atoms with E-state index in [1.165, 1.54) is 35.7 Å². The Balaban J connectivity index is 1.63. The number of rotatable bonds is 5. The molecule has 2 aromatic rings. The van der Waals surface area contributed by atoms with Gasteiger partial charge in [0.2, 0.25) is 10.0 Å². The molecule has 1 aliphatic heterocycles. The van der Waals surface area contributed by atoms with Gasteiger partial charge in [-0.3, -0.25) is 4.90 Å². The molecule has 1 aliphatic rings. The van der Waals surface area contributed by atoms with E-state index in [0.29, 0.717) is 31.7 Å². The molecule has 0 unspecified atom stereocenters. The van der Waals surface area contributed by atoms with Crippen molar-refractivity contribution in [2.24, 2.45) is 0 Å². The SMILES string of the molecule is COC(=O)c1ccc(S(=O)(=O)N2CCN(Cc3csc(C)n3)CC2)cc1. The molecule has 0 bridgehead atoms. The van der Waals surface area contributed by atoms with Gasteiger partial charge in [0, 0.05) is 38.1 Å². The third kappa shape index (κ3) is 4.12. The first kappa shape index (κ1) is 19.0. The van der Waals surface area contributed by atoms with Crippen molar-refractivity contribution in [3.63, 3.8) is 0 Å². The first-order valence-electron chi connectivity index (χ1n) is 8.22. The predicted molar refractivity (Wildman–Crippen MR) is 98.7 cm³/mol. The Bertz CT molecular complexity index is 870. The van der Waals surface area contributed by atoms with Crippen molar-refractivity contribution >= 4 is 27.3 Å². The third-order valence-electron chi connectivity index (χ3n) is 4.30. The molecule has 140 valence electrons. The number of sulfonamides is 1. The van der Waals surface area contributed by atoms with Crippen LogP contribution in [-0.4, -0.2) is 61.9 Å². The molecule has 0 saturated carbocycles. The van der Waals surface area contributed by atoms with Crippen LogP contribution in [-0.2, 0) is 21.3 Å². The highest BCUT2D eigenvalue weighted by Gasteiger charge is 2.28. The maximum absolute atomic E-state index is 12.8. The predicted octanol–water partition coefficient (Wildman–Crippen LogP) is 1.74. The Morgan fingerprint density at radius 2 is 1.85 bits per heavy atom. The third-order valence-corrected chi connectivity index (χ3v) is 7.03. The molecule has 0 radical (unpaired) electrons. The zero-order valence-corrected chi connectivity index (χ0v) is 16.3. The Labute approximate surface area is 157 Å². The zero-order chi connectivity index (χ0) is 18.7. The normalized spacial score (nSPS) is 16.5. The summed E-state index contributed by atoms with van der Waals surface area (Å²) in [4.78, 5) is 18.3. The number of carbonyl (C=O) groups excluding carboxylic acids is 1. The van der Waals surface area contributed by atoms with Crippen molar-refractivity contribution in [1.29, 1.82) is 0 Å². The van der Waals surface area contributed by atoms with Crippen molar-refractivity contribution in [1.82, 2.24) is 14.2 Å². The van der Waals surface area contributed by atoms with Crippen LogP contribution in [0.15, 0.2) is 34.5 Å². The second-order valence-corrected chi connectivity index (χ2v) is 9.05. The summed E-state index contributed by atoms with van der Waals surface area (Å²) in [7, 11) is -2.27. The molecule has 0 amide bonds. The lowest BCUT2D eigenvalue weighted by atomic mass is 10.2. The van der Waals surface area contributed by atoms with Crippen molar-refractivity contribution in [2.75, 3.05) is 33.3 Å². The average Bonchev–Trinajstić information content (AvgIpc) is 3.06. The molecule has 9 heteroatoms. The Kier molecular flexibility index (Phi) is 5.71. The van der Waals surface area contributed by atoms with E-state index in [2.05, 4.69) is 14.6 Å². The van der Waals surface area contributed by atoms with Crippen molar-refractivity contribution < 1.29 is 17.9 Å². The molecular formula is C17H21N3O4S2. The standard InChI is InChI=1S/C17H21N3O4S2/c1-13-18-15(12-25-13)11-19-7-9-20(10-8-19)26(22,23)16-5-3-14(4-6-16)17(21)24-2/h3-6,12H,7-11H2,1-2H3. The summed E-state index contributed by atoms with van der Waals surface area (Å²) in [6.45, 7) is 4.91. The molecule has 0 spiro atoms. The first-order valence-corrected chi connectivity index (χ1v) is 10.5. The molecule has 0 aliphatic carbocycles. The lowest BCUT2D eigenvalue weighted by Gasteiger charge is -2.33. The quantitative estimate of drug-likeness (QED) is 0.718. The minimum Gasteiger partial charge on any atom is -0.465 e. The van der Waals surface area contributed by atoms with Crippen molar-refractivity contribution in [2.45, 2.75) is 18.4 Å². The molecule has 26 heavy (non-hydrogen) atoms. The van der Waals surface area contributed by atoms with Gasteiger partial charge in [-0.2, -0.15) is 4.31 Å². The minimum absolute atomic E-state index is 0.189. The summed E-state index contributed by atoms with van der Waals surface area (Å²) >= 11 is 1.62. The number of methoxy groups -OCH3 is 1. The number of benzene rings is 1. The number of hydrogen-bond donors (Lipinski definition) is 0. The summed E-state index contributed by atoms with van der Waals surface area (Å²) in [5.74, 6) is -0.486. The average molecular weight is 396 g/mol. The van der Waals surface area contributed by atoms with Gasteiger partial charge in [0.15, 0.2) is 0 Å². The highest BCUT2D eigenvalue weighted by atomic mass is 32.2. The van der Waals surface area contributed by atoms with Crippen LogP contribution in [0, 0.1) is 6.92 Å². The number of esters is 1. The van der Waals surface area contributed by atoms with Crippen LogP contribution in [0.5, 0.6) is 0 Å². The molecule has 1 fully saturated rings. The lowest BCUT2D eigenvalue weighted by Crippen LogP contribution is -2.48. The lowest BCUT2D eigenvalue weighted by molar-refractivity contribution is 0.0600. The minimum atomic E-state index is -3.56. The van der Waals surface area contributed by atoms with Crippen LogP contribution in [0.2, 0.25) is 0 Å². The number of aromatic nitrogens is 1. The maximum Gasteiger partial charge on any atom is 0.337 e.